The van der Waals surface area contributed by atoms with Gasteiger partial charge in [-0.2, -0.15) is 0 Å². The van der Waals surface area contributed by atoms with Gasteiger partial charge in [-0.25, -0.2) is 9.05 Å². The molecule has 1 unspecified atom stereocenters. The van der Waals surface area contributed by atoms with Crippen LogP contribution in [0.5, 0.6) is 5.75 Å². The Bertz CT molecular complexity index is 381. The first-order chi connectivity index (χ1) is 9.09. The third kappa shape index (κ3) is 4.17. The topological polar surface area (TPSA) is 27.7 Å². The van der Waals surface area contributed by atoms with Gasteiger partial charge in [-0.1, -0.05) is 18.2 Å². The Morgan fingerprint density at radius 3 is 2.37 bits per heavy atom. The Balaban J connectivity index is 2.81. The number of hydrogen-bond acceptors (Lipinski definition) is 3. The SMILES string of the molecule is CCO[P+](CCc1ccccc1OC)(OC)C(C)C. The molecule has 0 amide bonds. The fraction of sp³-hybridized carbons (Fsp3) is 0.600. The molecule has 0 saturated heterocycles. The summed E-state index contributed by atoms with van der Waals surface area (Å²) in [5, 5.41) is 0. The minimum atomic E-state index is -1.80. The van der Waals surface area contributed by atoms with Crippen LogP contribution in [0.4, 0.5) is 0 Å². The highest BCUT2D eigenvalue weighted by Crippen LogP contribution is 2.64. The average molecular weight is 285 g/mol. The molecule has 1 atom stereocenters. The van der Waals surface area contributed by atoms with Crippen LogP contribution in [0, 0.1) is 0 Å². The molecule has 0 saturated carbocycles. The van der Waals surface area contributed by atoms with Crippen LogP contribution in [0.15, 0.2) is 24.3 Å². The molecule has 0 bridgehead atoms. The van der Waals surface area contributed by atoms with E-state index < -0.39 is 7.72 Å². The van der Waals surface area contributed by atoms with Gasteiger partial charge < -0.3 is 4.74 Å². The van der Waals surface area contributed by atoms with Crippen LogP contribution >= 0.6 is 7.72 Å². The number of benzene rings is 1. The zero-order valence-corrected chi connectivity index (χ0v) is 13.6. The van der Waals surface area contributed by atoms with Gasteiger partial charge in [0.25, 0.3) is 7.72 Å². The summed E-state index contributed by atoms with van der Waals surface area (Å²) < 4.78 is 17.2. The second kappa shape index (κ2) is 7.84. The third-order valence-corrected chi connectivity index (χ3v) is 7.06. The second-order valence-electron chi connectivity index (χ2n) is 4.71. The van der Waals surface area contributed by atoms with Crippen molar-refractivity contribution in [2.45, 2.75) is 32.9 Å². The molecule has 0 aliphatic heterocycles. The van der Waals surface area contributed by atoms with Crippen molar-refractivity contribution < 1.29 is 13.8 Å². The minimum Gasteiger partial charge on any atom is -0.496 e. The van der Waals surface area contributed by atoms with Crippen LogP contribution in [0.2, 0.25) is 0 Å². The van der Waals surface area contributed by atoms with Gasteiger partial charge in [0, 0.05) is 6.42 Å². The van der Waals surface area contributed by atoms with Crippen LogP contribution in [-0.2, 0) is 15.5 Å². The van der Waals surface area contributed by atoms with Crippen LogP contribution in [0.25, 0.3) is 0 Å². The predicted molar refractivity (Wildman–Crippen MR) is 82.3 cm³/mol. The molecule has 108 valence electrons. The van der Waals surface area contributed by atoms with Crippen molar-refractivity contribution in [1.82, 2.24) is 0 Å². The van der Waals surface area contributed by atoms with Crippen LogP contribution < -0.4 is 4.74 Å². The molecule has 0 aliphatic carbocycles. The van der Waals surface area contributed by atoms with E-state index in [0.717, 1.165) is 18.3 Å². The lowest BCUT2D eigenvalue weighted by atomic mass is 10.1. The van der Waals surface area contributed by atoms with Crippen molar-refractivity contribution >= 4 is 7.72 Å². The molecule has 1 rings (SSSR count). The van der Waals surface area contributed by atoms with E-state index in [9.17, 15) is 0 Å². The predicted octanol–water partition coefficient (Wildman–Crippen LogP) is 4.18. The van der Waals surface area contributed by atoms with E-state index in [0.29, 0.717) is 12.3 Å². The average Bonchev–Trinajstić information content (AvgIpc) is 2.43. The Labute approximate surface area is 117 Å². The van der Waals surface area contributed by atoms with E-state index in [1.807, 2.05) is 25.1 Å². The van der Waals surface area contributed by atoms with Crippen molar-refractivity contribution in [3.05, 3.63) is 29.8 Å². The Hall–Kier alpha value is -0.630. The normalized spacial score (nSPS) is 14.4. The van der Waals surface area contributed by atoms with E-state index in [4.69, 9.17) is 13.8 Å². The number of rotatable bonds is 8. The van der Waals surface area contributed by atoms with Crippen molar-refractivity contribution in [2.75, 3.05) is 27.0 Å². The Kier molecular flexibility index (Phi) is 6.78. The molecule has 0 aromatic heterocycles. The Morgan fingerprint density at radius 2 is 1.84 bits per heavy atom. The van der Waals surface area contributed by atoms with Gasteiger partial charge in [0.1, 0.15) is 17.6 Å². The highest BCUT2D eigenvalue weighted by molar-refractivity contribution is 7.67. The summed E-state index contributed by atoms with van der Waals surface area (Å²) in [4.78, 5) is 0. The monoisotopic (exact) mass is 285 g/mol. The van der Waals surface area contributed by atoms with Gasteiger partial charge in [-0.3, -0.25) is 0 Å². The molecule has 0 N–H and O–H groups in total. The molecule has 0 spiro atoms. The molecular weight excluding hydrogens is 259 g/mol. The lowest BCUT2D eigenvalue weighted by Crippen LogP contribution is -2.16. The zero-order valence-electron chi connectivity index (χ0n) is 12.7. The van der Waals surface area contributed by atoms with Gasteiger partial charge in [0.2, 0.25) is 0 Å². The van der Waals surface area contributed by atoms with E-state index in [1.54, 1.807) is 14.2 Å². The zero-order chi connectivity index (χ0) is 14.3. The van der Waals surface area contributed by atoms with E-state index in [-0.39, 0.29) is 0 Å². The van der Waals surface area contributed by atoms with Crippen LogP contribution in [0.1, 0.15) is 26.3 Å². The first-order valence-electron chi connectivity index (χ1n) is 6.79. The molecule has 3 nitrogen and oxygen atoms in total. The molecule has 0 fully saturated rings. The standard InChI is InChI=1S/C15H26O3P/c1-6-18-19(17-5,13(2)3)12-11-14-9-7-8-10-15(14)16-4/h7-10,13H,6,11-12H2,1-5H3/q+1. The maximum atomic E-state index is 5.98. The maximum Gasteiger partial charge on any atom is 0.277 e. The summed E-state index contributed by atoms with van der Waals surface area (Å²) >= 11 is 0. The van der Waals surface area contributed by atoms with Crippen molar-refractivity contribution in [1.29, 1.82) is 0 Å². The quantitative estimate of drug-likeness (QED) is 0.671. The first-order valence-corrected chi connectivity index (χ1v) is 8.67. The van der Waals surface area contributed by atoms with Gasteiger partial charge >= 0.3 is 0 Å². The second-order valence-corrected chi connectivity index (χ2v) is 8.26. The molecule has 19 heavy (non-hydrogen) atoms. The minimum absolute atomic E-state index is 0.409. The van der Waals surface area contributed by atoms with E-state index in [1.165, 1.54) is 5.56 Å². The fourth-order valence-corrected chi connectivity index (χ4v) is 4.87. The summed E-state index contributed by atoms with van der Waals surface area (Å²) in [6, 6.07) is 8.14. The summed E-state index contributed by atoms with van der Waals surface area (Å²) in [5.74, 6) is 0.942. The largest absolute Gasteiger partial charge is 0.496 e. The molecule has 0 aliphatic rings. The van der Waals surface area contributed by atoms with Gasteiger partial charge in [0.15, 0.2) is 0 Å². The number of ether oxygens (including phenoxy) is 1. The molecule has 1 aromatic carbocycles. The number of hydrogen-bond donors (Lipinski definition) is 0. The van der Waals surface area contributed by atoms with Crippen LogP contribution in [0.3, 0.4) is 0 Å². The van der Waals surface area contributed by atoms with Gasteiger partial charge in [-0.15, -0.1) is 0 Å². The van der Waals surface area contributed by atoms with Crippen molar-refractivity contribution in [2.24, 2.45) is 0 Å². The van der Waals surface area contributed by atoms with Crippen molar-refractivity contribution in [3.63, 3.8) is 0 Å². The van der Waals surface area contributed by atoms with E-state index in [2.05, 4.69) is 19.9 Å². The summed E-state index contributed by atoms with van der Waals surface area (Å²) in [7, 11) is 1.68. The summed E-state index contributed by atoms with van der Waals surface area (Å²) in [6.45, 7) is 7.08. The van der Waals surface area contributed by atoms with Gasteiger partial charge in [-0.05, 0) is 32.4 Å². The molecular formula is C15H26O3P+. The highest BCUT2D eigenvalue weighted by Gasteiger charge is 2.44. The highest BCUT2D eigenvalue weighted by atomic mass is 31.2. The van der Waals surface area contributed by atoms with Crippen LogP contribution in [-0.4, -0.2) is 32.6 Å². The van der Waals surface area contributed by atoms with Gasteiger partial charge in [0.05, 0.1) is 20.8 Å². The third-order valence-electron chi connectivity index (χ3n) is 3.33. The lowest BCUT2D eigenvalue weighted by molar-refractivity contribution is 0.270. The summed E-state index contributed by atoms with van der Waals surface area (Å²) in [5.41, 5.74) is 1.62. The number of aryl methyl sites for hydroxylation is 1. The first kappa shape index (κ1) is 16.4. The smallest absolute Gasteiger partial charge is 0.277 e. The fourth-order valence-electron chi connectivity index (χ4n) is 2.23. The number of methoxy groups -OCH3 is 1. The lowest BCUT2D eigenvalue weighted by Gasteiger charge is -2.26. The number of para-hydroxylation sites is 1. The Morgan fingerprint density at radius 1 is 1.16 bits per heavy atom. The van der Waals surface area contributed by atoms with Crippen molar-refractivity contribution in [3.8, 4) is 5.75 Å². The van der Waals surface area contributed by atoms with E-state index >= 15 is 0 Å². The summed E-state index contributed by atoms with van der Waals surface area (Å²) in [6.07, 6.45) is 1.85. The molecule has 1 aromatic rings. The maximum absolute atomic E-state index is 5.98. The molecule has 4 heteroatoms. The molecule has 0 heterocycles. The molecule has 0 radical (unpaired) electrons.